The number of methoxy groups -OCH3 is 1. The van der Waals surface area contributed by atoms with Gasteiger partial charge in [0, 0.05) is 5.56 Å². The van der Waals surface area contributed by atoms with Crippen LogP contribution in [0, 0.1) is 0 Å². The van der Waals surface area contributed by atoms with E-state index < -0.39 is 6.10 Å². The van der Waals surface area contributed by atoms with Crippen LogP contribution in [-0.2, 0) is 9.47 Å². The topological polar surface area (TPSA) is 112 Å². The number of carbonyl (C=O) groups is 1. The largest absolute Gasteiger partial charge is 0.493 e. The lowest BCUT2D eigenvalue weighted by atomic mass is 10.1. The summed E-state index contributed by atoms with van der Waals surface area (Å²) in [6.07, 6.45) is -0.633. The number of ether oxygens (including phenoxy) is 4. The molecule has 2 heterocycles. The van der Waals surface area contributed by atoms with Crippen molar-refractivity contribution in [1.29, 1.82) is 0 Å². The molecule has 25 heavy (non-hydrogen) atoms. The summed E-state index contributed by atoms with van der Waals surface area (Å²) >= 11 is 0. The summed E-state index contributed by atoms with van der Waals surface area (Å²) < 4.78 is 21.9. The van der Waals surface area contributed by atoms with E-state index in [0.717, 1.165) is 0 Å². The molecule has 2 saturated heterocycles. The van der Waals surface area contributed by atoms with Gasteiger partial charge < -0.3 is 35.1 Å². The van der Waals surface area contributed by atoms with Crippen molar-refractivity contribution >= 4 is 5.91 Å². The summed E-state index contributed by atoms with van der Waals surface area (Å²) in [6, 6.07) is 4.71. The van der Waals surface area contributed by atoms with Crippen molar-refractivity contribution in [2.24, 2.45) is 5.73 Å². The number of nitrogens with one attached hydrogen (secondary N) is 1. The van der Waals surface area contributed by atoms with Gasteiger partial charge in [0.05, 0.1) is 33.0 Å². The molecule has 1 aromatic rings. The summed E-state index contributed by atoms with van der Waals surface area (Å²) in [7, 11) is 1.55. The normalized spacial score (nSPS) is 27.8. The van der Waals surface area contributed by atoms with E-state index in [1.54, 1.807) is 25.3 Å². The summed E-state index contributed by atoms with van der Waals surface area (Å²) in [6.45, 7) is 1.51. The smallest absolute Gasteiger partial charge is 0.251 e. The monoisotopic (exact) mass is 352 g/mol. The maximum Gasteiger partial charge on any atom is 0.251 e. The fourth-order valence-corrected chi connectivity index (χ4v) is 3.05. The zero-order chi connectivity index (χ0) is 17.8. The number of hydrogen-bond donors (Lipinski definition) is 3. The summed E-state index contributed by atoms with van der Waals surface area (Å²) in [5.41, 5.74) is 5.92. The molecule has 0 radical (unpaired) electrons. The number of fused-ring (bicyclic) bond motifs is 1. The Labute approximate surface area is 146 Å². The second-order valence-corrected chi connectivity index (χ2v) is 6.10. The summed E-state index contributed by atoms with van der Waals surface area (Å²) in [5.74, 6) is 0.794. The van der Waals surface area contributed by atoms with Crippen molar-refractivity contribution in [3.05, 3.63) is 23.8 Å². The number of carbonyl (C=O) groups excluding carboxylic acids is 1. The molecule has 0 spiro atoms. The molecule has 2 fully saturated rings. The van der Waals surface area contributed by atoms with E-state index in [9.17, 15) is 9.90 Å². The van der Waals surface area contributed by atoms with E-state index in [4.69, 9.17) is 24.7 Å². The van der Waals surface area contributed by atoms with Crippen molar-refractivity contribution in [2.45, 2.75) is 30.8 Å². The number of hydrogen-bond acceptors (Lipinski definition) is 7. The van der Waals surface area contributed by atoms with Crippen molar-refractivity contribution in [1.82, 2.24) is 5.32 Å². The number of aliphatic hydroxyl groups is 1. The number of aliphatic hydroxyl groups excluding tert-OH is 1. The SMILES string of the molecule is COc1ccc(C(=O)N[C@H]2CO[C@H]3[C@@H]2OC[C@H]3O)cc1OCCCN. The van der Waals surface area contributed by atoms with Crippen LogP contribution >= 0.6 is 0 Å². The van der Waals surface area contributed by atoms with E-state index in [-0.39, 0.29) is 30.8 Å². The molecule has 0 saturated carbocycles. The van der Waals surface area contributed by atoms with Gasteiger partial charge in [-0.1, -0.05) is 0 Å². The molecular weight excluding hydrogens is 328 g/mol. The van der Waals surface area contributed by atoms with Crippen LogP contribution in [0.5, 0.6) is 11.5 Å². The molecule has 1 aromatic carbocycles. The first-order chi connectivity index (χ1) is 12.1. The van der Waals surface area contributed by atoms with Crippen LogP contribution < -0.4 is 20.5 Å². The Balaban J connectivity index is 1.66. The molecule has 0 aliphatic carbocycles. The van der Waals surface area contributed by atoms with Crippen molar-refractivity contribution in [2.75, 3.05) is 33.5 Å². The van der Waals surface area contributed by atoms with Gasteiger partial charge in [0.15, 0.2) is 11.5 Å². The summed E-state index contributed by atoms with van der Waals surface area (Å²) in [5, 5.41) is 12.7. The third kappa shape index (κ3) is 3.87. The van der Waals surface area contributed by atoms with E-state index in [2.05, 4.69) is 5.32 Å². The lowest BCUT2D eigenvalue weighted by Crippen LogP contribution is -2.44. The minimum absolute atomic E-state index is 0.226. The van der Waals surface area contributed by atoms with E-state index in [1.807, 2.05) is 0 Å². The zero-order valence-corrected chi connectivity index (χ0v) is 14.1. The predicted octanol–water partition coefficient (Wildman–Crippen LogP) is -0.320. The highest BCUT2D eigenvalue weighted by Crippen LogP contribution is 2.29. The van der Waals surface area contributed by atoms with E-state index in [1.165, 1.54) is 0 Å². The number of rotatable bonds is 7. The first-order valence-corrected chi connectivity index (χ1v) is 8.37. The maximum absolute atomic E-state index is 12.6. The van der Waals surface area contributed by atoms with Crippen LogP contribution in [0.25, 0.3) is 0 Å². The standard InChI is InChI=1S/C17H24N2O6/c1-22-13-4-3-10(7-14(13)23-6-2-5-18)17(21)19-11-8-24-16-12(20)9-25-15(11)16/h3-4,7,11-12,15-16,20H,2,5-6,8-9,18H2,1H3,(H,19,21)/t11-,12+,15+,16+/m0/s1. The van der Waals surface area contributed by atoms with Crippen LogP contribution in [0.2, 0.25) is 0 Å². The molecule has 8 heteroatoms. The lowest BCUT2D eigenvalue weighted by Gasteiger charge is -2.18. The number of amides is 1. The molecule has 2 aliphatic heterocycles. The van der Waals surface area contributed by atoms with E-state index in [0.29, 0.717) is 43.2 Å². The quantitative estimate of drug-likeness (QED) is 0.577. The van der Waals surface area contributed by atoms with Crippen molar-refractivity contribution in [3.63, 3.8) is 0 Å². The second-order valence-electron chi connectivity index (χ2n) is 6.10. The van der Waals surface area contributed by atoms with Gasteiger partial charge in [0.1, 0.15) is 18.3 Å². The Kier molecular flexibility index (Phi) is 5.74. The minimum Gasteiger partial charge on any atom is -0.493 e. The summed E-state index contributed by atoms with van der Waals surface area (Å²) in [4.78, 5) is 12.6. The van der Waals surface area contributed by atoms with Gasteiger partial charge in [0.25, 0.3) is 5.91 Å². The molecule has 8 nitrogen and oxygen atoms in total. The van der Waals surface area contributed by atoms with Crippen molar-refractivity contribution in [3.8, 4) is 11.5 Å². The van der Waals surface area contributed by atoms with Crippen LogP contribution in [0.3, 0.4) is 0 Å². The minimum atomic E-state index is -0.643. The molecule has 1 amide bonds. The molecule has 0 bridgehead atoms. The van der Waals surface area contributed by atoms with Gasteiger partial charge in [-0.2, -0.15) is 0 Å². The van der Waals surface area contributed by atoms with Crippen LogP contribution in [0.4, 0.5) is 0 Å². The van der Waals surface area contributed by atoms with Crippen LogP contribution in [0.15, 0.2) is 18.2 Å². The van der Waals surface area contributed by atoms with Gasteiger partial charge in [-0.3, -0.25) is 4.79 Å². The molecule has 2 aliphatic rings. The number of nitrogens with two attached hydrogens (primary N) is 1. The van der Waals surface area contributed by atoms with Gasteiger partial charge >= 0.3 is 0 Å². The van der Waals surface area contributed by atoms with Crippen LogP contribution in [-0.4, -0.2) is 68.8 Å². The lowest BCUT2D eigenvalue weighted by molar-refractivity contribution is 0.0178. The Morgan fingerprint density at radius 3 is 2.88 bits per heavy atom. The first kappa shape index (κ1) is 17.9. The van der Waals surface area contributed by atoms with Crippen LogP contribution in [0.1, 0.15) is 16.8 Å². The molecular formula is C17H24N2O6. The maximum atomic E-state index is 12.6. The highest BCUT2D eigenvalue weighted by molar-refractivity contribution is 5.95. The Hall–Kier alpha value is -1.87. The Morgan fingerprint density at radius 1 is 1.32 bits per heavy atom. The Morgan fingerprint density at radius 2 is 2.12 bits per heavy atom. The zero-order valence-electron chi connectivity index (χ0n) is 14.1. The first-order valence-electron chi connectivity index (χ1n) is 8.37. The highest BCUT2D eigenvalue weighted by atomic mass is 16.6. The molecule has 0 unspecified atom stereocenters. The third-order valence-electron chi connectivity index (χ3n) is 4.38. The van der Waals surface area contributed by atoms with Gasteiger partial charge in [-0.15, -0.1) is 0 Å². The highest BCUT2D eigenvalue weighted by Gasteiger charge is 2.47. The molecule has 0 aromatic heterocycles. The molecule has 138 valence electrons. The second kappa shape index (κ2) is 8.01. The van der Waals surface area contributed by atoms with Gasteiger partial charge in [0.2, 0.25) is 0 Å². The number of benzene rings is 1. The average molecular weight is 352 g/mol. The average Bonchev–Trinajstić information content (AvgIpc) is 3.18. The molecule has 4 atom stereocenters. The Bertz CT molecular complexity index is 611. The fraction of sp³-hybridized carbons (Fsp3) is 0.588. The molecule has 3 rings (SSSR count). The fourth-order valence-electron chi connectivity index (χ4n) is 3.05. The molecule has 4 N–H and O–H groups in total. The van der Waals surface area contributed by atoms with Gasteiger partial charge in [-0.05, 0) is 31.2 Å². The third-order valence-corrected chi connectivity index (χ3v) is 4.38. The van der Waals surface area contributed by atoms with Crippen molar-refractivity contribution < 1.29 is 28.8 Å². The predicted molar refractivity (Wildman–Crippen MR) is 88.9 cm³/mol. The van der Waals surface area contributed by atoms with Gasteiger partial charge in [-0.25, -0.2) is 0 Å². The van der Waals surface area contributed by atoms with E-state index >= 15 is 0 Å².